The van der Waals surface area contributed by atoms with Crippen LogP contribution in [0.3, 0.4) is 0 Å². The molecule has 0 aliphatic rings. The topological polar surface area (TPSA) is 88.6 Å². The number of nitrogens with two attached hydrogens (primary N) is 1. The predicted octanol–water partition coefficient (Wildman–Crippen LogP) is 0.711. The fraction of sp³-hybridized carbons (Fsp3) is 0. The van der Waals surface area contributed by atoms with Crippen molar-refractivity contribution in [3.63, 3.8) is 0 Å². The molecule has 14 heavy (non-hydrogen) atoms. The highest BCUT2D eigenvalue weighted by Crippen LogP contribution is 2.04. The molecule has 0 radical (unpaired) electrons. The Morgan fingerprint density at radius 3 is 2.86 bits per heavy atom. The van der Waals surface area contributed by atoms with Gasteiger partial charge >= 0.3 is 0 Å². The third kappa shape index (κ3) is 2.71. The van der Waals surface area contributed by atoms with Crippen molar-refractivity contribution in [3.05, 3.63) is 36.2 Å². The predicted molar refractivity (Wildman–Crippen MR) is 52.3 cm³/mol. The molecule has 1 heterocycles. The highest BCUT2D eigenvalue weighted by atomic mass is 16.2. The highest BCUT2D eigenvalue weighted by molar-refractivity contribution is 6.11. The number of aliphatic imine (C=N–C) groups is 1. The number of hydrogen-bond acceptors (Lipinski definition) is 4. The molecule has 1 amide bonds. The number of carbonyl (C=O) groups is 1. The van der Waals surface area contributed by atoms with E-state index in [2.05, 4.69) is 9.98 Å². The van der Waals surface area contributed by atoms with E-state index in [0.717, 1.165) is 6.21 Å². The number of aromatic nitrogens is 1. The van der Waals surface area contributed by atoms with Crippen LogP contribution < -0.4 is 5.73 Å². The first-order valence-corrected chi connectivity index (χ1v) is 3.83. The van der Waals surface area contributed by atoms with Gasteiger partial charge in [-0.25, -0.2) is 9.98 Å². The molecule has 0 spiro atoms. The molecule has 1 rings (SSSR count). The average Bonchev–Trinajstić information content (AvgIpc) is 2.20. The van der Waals surface area contributed by atoms with Gasteiger partial charge in [-0.15, -0.1) is 0 Å². The van der Waals surface area contributed by atoms with Crippen LogP contribution in [0, 0.1) is 0 Å². The van der Waals surface area contributed by atoms with Crippen LogP contribution in [-0.4, -0.2) is 22.2 Å². The SMILES string of the molecule is NC(=O)C(/C=N\c1ccccn1)=C\O. The van der Waals surface area contributed by atoms with E-state index in [1.165, 1.54) is 0 Å². The molecule has 1 aromatic rings. The van der Waals surface area contributed by atoms with Crippen molar-refractivity contribution in [2.45, 2.75) is 0 Å². The zero-order valence-corrected chi connectivity index (χ0v) is 7.29. The maximum atomic E-state index is 10.6. The van der Waals surface area contributed by atoms with Gasteiger partial charge < -0.3 is 10.8 Å². The molecule has 0 aliphatic heterocycles. The van der Waals surface area contributed by atoms with Gasteiger partial charge in [0.05, 0.1) is 11.8 Å². The van der Waals surface area contributed by atoms with Crippen LogP contribution in [0.2, 0.25) is 0 Å². The summed E-state index contributed by atoms with van der Waals surface area (Å²) >= 11 is 0. The van der Waals surface area contributed by atoms with Crippen molar-refractivity contribution in [2.24, 2.45) is 10.7 Å². The third-order valence-electron chi connectivity index (χ3n) is 1.41. The number of rotatable bonds is 3. The van der Waals surface area contributed by atoms with Gasteiger partial charge in [0.1, 0.15) is 0 Å². The standard InChI is InChI=1S/C9H9N3O2/c10-9(14)7(6-13)5-12-8-3-1-2-4-11-8/h1-6,13H,(H2,10,14)/b7-6-,12-5-. The van der Waals surface area contributed by atoms with Crippen LogP contribution in [-0.2, 0) is 4.79 Å². The molecule has 5 heteroatoms. The highest BCUT2D eigenvalue weighted by Gasteiger charge is 2.00. The maximum Gasteiger partial charge on any atom is 0.253 e. The molecule has 3 N–H and O–H groups in total. The van der Waals surface area contributed by atoms with Gasteiger partial charge in [0.25, 0.3) is 5.91 Å². The summed E-state index contributed by atoms with van der Waals surface area (Å²) in [5.74, 6) is -0.305. The molecule has 1 aromatic heterocycles. The molecule has 0 aromatic carbocycles. The molecule has 5 nitrogen and oxygen atoms in total. The summed E-state index contributed by atoms with van der Waals surface area (Å²) in [4.78, 5) is 18.4. The van der Waals surface area contributed by atoms with Crippen LogP contribution in [0.5, 0.6) is 0 Å². The second-order valence-corrected chi connectivity index (χ2v) is 2.39. The normalized spacial score (nSPS) is 11.9. The summed E-state index contributed by atoms with van der Waals surface area (Å²) in [6, 6.07) is 5.16. The summed E-state index contributed by atoms with van der Waals surface area (Å²) in [5, 5.41) is 8.60. The molecule has 0 unspecified atom stereocenters. The van der Waals surface area contributed by atoms with Gasteiger partial charge in [-0.1, -0.05) is 6.07 Å². The van der Waals surface area contributed by atoms with E-state index in [9.17, 15) is 4.79 Å². The Balaban J connectivity index is 2.78. The zero-order chi connectivity index (χ0) is 10.4. The van der Waals surface area contributed by atoms with E-state index in [4.69, 9.17) is 10.8 Å². The summed E-state index contributed by atoms with van der Waals surface area (Å²) in [6.45, 7) is 0. The number of aliphatic hydroxyl groups is 1. The van der Waals surface area contributed by atoms with Crippen LogP contribution >= 0.6 is 0 Å². The Labute approximate surface area is 80.6 Å². The number of aliphatic hydroxyl groups excluding tert-OH is 1. The Kier molecular flexibility index (Phi) is 3.37. The molecule has 0 saturated carbocycles. The van der Waals surface area contributed by atoms with Crippen molar-refractivity contribution in [1.29, 1.82) is 0 Å². The van der Waals surface area contributed by atoms with E-state index < -0.39 is 5.91 Å². The lowest BCUT2D eigenvalue weighted by Crippen LogP contribution is -2.14. The van der Waals surface area contributed by atoms with Crippen molar-refractivity contribution in [3.8, 4) is 0 Å². The first-order chi connectivity index (χ1) is 6.74. The second kappa shape index (κ2) is 4.76. The number of primary amides is 1. The molecule has 0 saturated heterocycles. The summed E-state index contributed by atoms with van der Waals surface area (Å²) in [6.07, 6.45) is 3.33. The van der Waals surface area contributed by atoms with Crippen LogP contribution in [0.1, 0.15) is 0 Å². The quantitative estimate of drug-likeness (QED) is 0.419. The van der Waals surface area contributed by atoms with Crippen molar-refractivity contribution in [1.82, 2.24) is 4.98 Å². The van der Waals surface area contributed by atoms with E-state index in [-0.39, 0.29) is 5.57 Å². The Morgan fingerprint density at radius 2 is 2.36 bits per heavy atom. The first-order valence-electron chi connectivity index (χ1n) is 3.83. The van der Waals surface area contributed by atoms with Crippen molar-refractivity contribution < 1.29 is 9.90 Å². The number of pyridine rings is 1. The number of nitrogens with zero attached hydrogens (tertiary/aromatic N) is 2. The van der Waals surface area contributed by atoms with Gasteiger partial charge in [0.2, 0.25) is 0 Å². The van der Waals surface area contributed by atoms with E-state index in [0.29, 0.717) is 12.1 Å². The fourth-order valence-electron chi connectivity index (χ4n) is 0.726. The second-order valence-electron chi connectivity index (χ2n) is 2.39. The largest absolute Gasteiger partial charge is 0.515 e. The lowest BCUT2D eigenvalue weighted by molar-refractivity contribution is -0.114. The van der Waals surface area contributed by atoms with E-state index >= 15 is 0 Å². The molecular weight excluding hydrogens is 182 g/mol. The minimum Gasteiger partial charge on any atom is -0.515 e. The lowest BCUT2D eigenvalue weighted by atomic mass is 10.3. The van der Waals surface area contributed by atoms with Crippen LogP contribution in [0.15, 0.2) is 41.2 Å². The molecule has 0 fully saturated rings. The monoisotopic (exact) mass is 191 g/mol. The zero-order valence-electron chi connectivity index (χ0n) is 7.29. The van der Waals surface area contributed by atoms with Gasteiger partial charge in [-0.05, 0) is 12.1 Å². The number of carbonyl (C=O) groups excluding carboxylic acids is 1. The summed E-state index contributed by atoms with van der Waals surface area (Å²) in [7, 11) is 0. The van der Waals surface area contributed by atoms with Gasteiger partial charge in [0.15, 0.2) is 5.82 Å². The van der Waals surface area contributed by atoms with E-state index in [1.54, 1.807) is 24.4 Å². The third-order valence-corrected chi connectivity index (χ3v) is 1.41. The Morgan fingerprint density at radius 1 is 1.57 bits per heavy atom. The number of hydrogen-bond donors (Lipinski definition) is 2. The molecule has 0 aliphatic carbocycles. The van der Waals surface area contributed by atoms with Crippen molar-refractivity contribution >= 4 is 17.9 Å². The minimum absolute atomic E-state index is 0.0735. The summed E-state index contributed by atoms with van der Waals surface area (Å²) < 4.78 is 0. The number of amides is 1. The minimum atomic E-state index is -0.743. The fourth-order valence-corrected chi connectivity index (χ4v) is 0.726. The molecular formula is C9H9N3O2. The Bertz CT molecular complexity index is 371. The average molecular weight is 191 g/mol. The van der Waals surface area contributed by atoms with Gasteiger partial charge in [0, 0.05) is 12.4 Å². The van der Waals surface area contributed by atoms with E-state index in [1.807, 2.05) is 0 Å². The Hall–Kier alpha value is -2.17. The maximum absolute atomic E-state index is 10.6. The molecule has 0 bridgehead atoms. The van der Waals surface area contributed by atoms with Crippen molar-refractivity contribution in [2.75, 3.05) is 0 Å². The summed E-state index contributed by atoms with van der Waals surface area (Å²) in [5.41, 5.74) is 4.86. The molecule has 72 valence electrons. The van der Waals surface area contributed by atoms with Crippen LogP contribution in [0.25, 0.3) is 0 Å². The molecule has 0 atom stereocenters. The smallest absolute Gasteiger partial charge is 0.253 e. The van der Waals surface area contributed by atoms with Gasteiger partial charge in [-0.3, -0.25) is 4.79 Å². The van der Waals surface area contributed by atoms with Gasteiger partial charge in [-0.2, -0.15) is 0 Å². The lowest BCUT2D eigenvalue weighted by Gasteiger charge is -1.92. The van der Waals surface area contributed by atoms with Crippen LogP contribution in [0.4, 0.5) is 5.82 Å². The first kappa shape index (κ1) is 9.91.